The van der Waals surface area contributed by atoms with Crippen LogP contribution in [0.3, 0.4) is 0 Å². The van der Waals surface area contributed by atoms with Gasteiger partial charge >= 0.3 is 0 Å². The van der Waals surface area contributed by atoms with E-state index < -0.39 is 0 Å². The summed E-state index contributed by atoms with van der Waals surface area (Å²) in [5.41, 5.74) is 0. The highest BCUT2D eigenvalue weighted by Crippen LogP contribution is 1.98. The van der Waals surface area contributed by atoms with Crippen LogP contribution < -0.4 is 0 Å². The van der Waals surface area contributed by atoms with Crippen molar-refractivity contribution >= 4 is 10.2 Å². The average molecular weight is 100 g/mol. The Morgan fingerprint density at radius 3 is 1.83 bits per heavy atom. The molecule has 0 N–H and O–H groups in total. The molecule has 0 aromatic heterocycles. The lowest BCUT2D eigenvalue weighted by molar-refractivity contribution is 0.816. The maximum atomic E-state index is 3.82. The lowest BCUT2D eigenvalue weighted by Gasteiger charge is -1.97. The fourth-order valence-electron chi connectivity index (χ4n) is 0. The fourth-order valence-corrected chi connectivity index (χ4v) is 0. The fraction of sp³-hybridized carbons (Fsp3) is 0.600. The summed E-state index contributed by atoms with van der Waals surface area (Å²) in [6.45, 7) is 8.17. The summed E-state index contributed by atoms with van der Waals surface area (Å²) in [6.07, 6.45) is 0. The Morgan fingerprint density at radius 2 is 1.83 bits per heavy atom. The van der Waals surface area contributed by atoms with E-state index in [9.17, 15) is 0 Å². The van der Waals surface area contributed by atoms with E-state index in [1.807, 2.05) is 0 Å². The van der Waals surface area contributed by atoms with E-state index >= 15 is 0 Å². The van der Waals surface area contributed by atoms with Crippen LogP contribution in [0.15, 0.2) is 11.8 Å². The largest absolute Gasteiger partial charge is 0.104 e. The van der Waals surface area contributed by atoms with Gasteiger partial charge in [-0.1, -0.05) is 19.0 Å². The van der Waals surface area contributed by atoms with Crippen molar-refractivity contribution in [1.29, 1.82) is 0 Å². The third-order valence-corrected chi connectivity index (χ3v) is 2.14. The van der Waals surface area contributed by atoms with Crippen molar-refractivity contribution in [2.24, 2.45) is 5.92 Å². The molecule has 0 aliphatic rings. The van der Waals surface area contributed by atoms with Gasteiger partial charge < -0.3 is 0 Å². The van der Waals surface area contributed by atoms with Crippen LogP contribution in [0.4, 0.5) is 0 Å². The van der Waals surface area contributed by atoms with Gasteiger partial charge in [0.2, 0.25) is 0 Å². The first-order chi connectivity index (χ1) is 2.64. The van der Waals surface area contributed by atoms with E-state index in [2.05, 4.69) is 20.4 Å². The molecule has 0 nitrogen and oxygen atoms in total. The smallest absolute Gasteiger partial charge is 0.0328 e. The second kappa shape index (κ2) is 2.19. The third kappa shape index (κ3) is 2.21. The summed E-state index contributed by atoms with van der Waals surface area (Å²) in [7, 11) is 1.16. The molecule has 0 radical (unpaired) electrons. The van der Waals surface area contributed by atoms with E-state index in [0.29, 0.717) is 0 Å². The molecule has 1 heteroatoms. The Labute approximate surface area is 42.7 Å². The monoisotopic (exact) mass is 100 g/mol. The lowest BCUT2D eigenvalue weighted by atomic mass is 10.2. The van der Waals surface area contributed by atoms with Gasteiger partial charge in [-0.15, -0.1) is 6.58 Å². The molecular weight excluding hydrogens is 88.1 g/mol. The number of hydrogen-bond acceptors (Lipinski definition) is 0. The van der Waals surface area contributed by atoms with Gasteiger partial charge in [0.15, 0.2) is 0 Å². The van der Waals surface area contributed by atoms with Crippen molar-refractivity contribution in [3.63, 3.8) is 0 Å². The summed E-state index contributed by atoms with van der Waals surface area (Å²) in [5.74, 6) is 0.719. The van der Waals surface area contributed by atoms with Crippen LogP contribution in [-0.4, -0.2) is 10.2 Å². The zero-order chi connectivity index (χ0) is 5.15. The van der Waals surface area contributed by atoms with Gasteiger partial charge in [0.25, 0.3) is 0 Å². The Hall–Kier alpha value is -0.0431. The second-order valence-electron chi connectivity index (χ2n) is 2.00. The molecule has 36 valence electrons. The molecule has 0 atom stereocenters. The summed E-state index contributed by atoms with van der Waals surface area (Å²) >= 11 is 0. The number of allylic oxidation sites excluding steroid dienone is 1. The predicted octanol–water partition coefficient (Wildman–Crippen LogP) is 0.521. The standard InChI is InChI=1S/C5H12Si/c1-4(2)5(3)6/h4H,3H2,1-2,6H3. The van der Waals surface area contributed by atoms with Crippen molar-refractivity contribution in [2.45, 2.75) is 13.8 Å². The topological polar surface area (TPSA) is 0 Å². The highest BCUT2D eigenvalue weighted by Gasteiger charge is 1.87. The molecule has 0 aliphatic carbocycles. The first-order valence-corrected chi connectivity index (χ1v) is 3.30. The van der Waals surface area contributed by atoms with E-state index in [1.165, 1.54) is 5.20 Å². The molecule has 0 aromatic carbocycles. The molecule has 0 aliphatic heterocycles. The maximum Gasteiger partial charge on any atom is 0.0328 e. The minimum atomic E-state index is 0.719. The molecule has 0 spiro atoms. The molecule has 0 bridgehead atoms. The van der Waals surface area contributed by atoms with Crippen molar-refractivity contribution in [3.8, 4) is 0 Å². The van der Waals surface area contributed by atoms with Gasteiger partial charge in [-0.05, 0) is 5.92 Å². The average Bonchev–Trinajstić information content (AvgIpc) is 1.36. The summed E-state index contributed by atoms with van der Waals surface area (Å²) < 4.78 is 0. The zero-order valence-electron chi connectivity index (χ0n) is 4.78. The maximum absolute atomic E-state index is 3.82. The van der Waals surface area contributed by atoms with Crippen LogP contribution in [0.25, 0.3) is 0 Å². The van der Waals surface area contributed by atoms with Gasteiger partial charge in [-0.25, -0.2) is 0 Å². The molecule has 6 heavy (non-hydrogen) atoms. The van der Waals surface area contributed by atoms with E-state index in [-0.39, 0.29) is 0 Å². The minimum absolute atomic E-state index is 0.719. The predicted molar refractivity (Wildman–Crippen MR) is 33.9 cm³/mol. The molecular formula is C5H12Si. The van der Waals surface area contributed by atoms with Crippen molar-refractivity contribution in [3.05, 3.63) is 11.8 Å². The van der Waals surface area contributed by atoms with Crippen molar-refractivity contribution < 1.29 is 0 Å². The minimum Gasteiger partial charge on any atom is -0.104 e. The van der Waals surface area contributed by atoms with Gasteiger partial charge in [0.05, 0.1) is 0 Å². The Balaban J connectivity index is 3.26. The summed E-state index contributed by atoms with van der Waals surface area (Å²) in [5, 5.41) is 1.40. The van der Waals surface area contributed by atoms with Crippen LogP contribution in [0.1, 0.15) is 13.8 Å². The molecule has 0 fully saturated rings. The summed E-state index contributed by atoms with van der Waals surface area (Å²) in [4.78, 5) is 0. The number of rotatable bonds is 1. The number of hydrogen-bond donors (Lipinski definition) is 0. The van der Waals surface area contributed by atoms with Gasteiger partial charge in [-0.2, -0.15) is 0 Å². The quantitative estimate of drug-likeness (QED) is 0.421. The van der Waals surface area contributed by atoms with Crippen LogP contribution in [0.2, 0.25) is 0 Å². The summed E-state index contributed by atoms with van der Waals surface area (Å²) in [6, 6.07) is 0. The zero-order valence-corrected chi connectivity index (χ0v) is 6.78. The molecule has 0 heterocycles. The Kier molecular flexibility index (Phi) is 2.17. The first-order valence-electron chi connectivity index (χ1n) is 2.30. The van der Waals surface area contributed by atoms with Crippen LogP contribution in [-0.2, 0) is 0 Å². The normalized spacial score (nSPS) is 9.83. The van der Waals surface area contributed by atoms with Crippen LogP contribution in [0.5, 0.6) is 0 Å². The molecule has 0 aromatic rings. The Bertz CT molecular complexity index is 55.0. The molecule has 0 saturated carbocycles. The highest BCUT2D eigenvalue weighted by atomic mass is 28.1. The van der Waals surface area contributed by atoms with Crippen molar-refractivity contribution in [1.82, 2.24) is 0 Å². The molecule has 0 saturated heterocycles. The molecule has 0 amide bonds. The van der Waals surface area contributed by atoms with Crippen LogP contribution >= 0.6 is 0 Å². The van der Waals surface area contributed by atoms with Crippen LogP contribution in [0, 0.1) is 5.92 Å². The lowest BCUT2D eigenvalue weighted by Crippen LogP contribution is -1.88. The van der Waals surface area contributed by atoms with Gasteiger partial charge in [0, 0.05) is 10.2 Å². The molecule has 0 unspecified atom stereocenters. The Morgan fingerprint density at radius 1 is 1.67 bits per heavy atom. The second-order valence-corrected chi connectivity index (χ2v) is 3.29. The molecule has 0 rings (SSSR count). The van der Waals surface area contributed by atoms with E-state index in [4.69, 9.17) is 0 Å². The SMILES string of the molecule is C=C([SiH3])C(C)C. The van der Waals surface area contributed by atoms with E-state index in [1.54, 1.807) is 0 Å². The third-order valence-electron chi connectivity index (χ3n) is 0.986. The van der Waals surface area contributed by atoms with Crippen molar-refractivity contribution in [2.75, 3.05) is 0 Å². The van der Waals surface area contributed by atoms with Gasteiger partial charge in [-0.3, -0.25) is 0 Å². The van der Waals surface area contributed by atoms with E-state index in [0.717, 1.165) is 16.2 Å². The first kappa shape index (κ1) is 5.96. The van der Waals surface area contributed by atoms with Gasteiger partial charge in [0.1, 0.15) is 0 Å². The highest BCUT2D eigenvalue weighted by molar-refractivity contribution is 6.21.